The summed E-state index contributed by atoms with van der Waals surface area (Å²) < 4.78 is 0. The van der Waals surface area contributed by atoms with Crippen LogP contribution in [0.4, 0.5) is 10.5 Å². The molecule has 0 aliphatic carbocycles. The molecule has 0 unspecified atom stereocenters. The molecule has 7 nitrogen and oxygen atoms in total. The number of pyridine rings is 1. The number of aryl methyl sites for hydroxylation is 1. The van der Waals surface area contributed by atoms with Crippen molar-refractivity contribution in [3.63, 3.8) is 0 Å². The highest BCUT2D eigenvalue weighted by Gasteiger charge is 2.13. The summed E-state index contributed by atoms with van der Waals surface area (Å²) in [6.07, 6.45) is 3.04. The van der Waals surface area contributed by atoms with Gasteiger partial charge in [-0.2, -0.15) is 0 Å². The topological polar surface area (TPSA) is 104 Å². The summed E-state index contributed by atoms with van der Waals surface area (Å²) in [5.74, 6) is -1.20. The van der Waals surface area contributed by atoms with Crippen LogP contribution in [0.3, 0.4) is 0 Å². The summed E-state index contributed by atoms with van der Waals surface area (Å²) >= 11 is 1.48. The van der Waals surface area contributed by atoms with Crippen molar-refractivity contribution in [2.24, 2.45) is 0 Å². The van der Waals surface area contributed by atoms with E-state index in [1.165, 1.54) is 23.6 Å². The predicted molar refractivity (Wildman–Crippen MR) is 73.9 cm³/mol. The third-order valence-corrected chi connectivity index (χ3v) is 3.26. The lowest BCUT2D eigenvalue weighted by Crippen LogP contribution is -2.28. The number of amides is 2. The van der Waals surface area contributed by atoms with Crippen LogP contribution in [-0.2, 0) is 6.54 Å². The molecule has 2 amide bonds. The van der Waals surface area contributed by atoms with Crippen molar-refractivity contribution in [2.45, 2.75) is 13.5 Å². The molecular weight excluding hydrogens is 280 g/mol. The number of hydrogen-bond donors (Lipinski definition) is 3. The van der Waals surface area contributed by atoms with E-state index in [-0.39, 0.29) is 11.4 Å². The summed E-state index contributed by atoms with van der Waals surface area (Å²) in [7, 11) is 0. The Morgan fingerprint density at radius 1 is 1.40 bits per heavy atom. The second-order valence-electron chi connectivity index (χ2n) is 3.86. The van der Waals surface area contributed by atoms with Crippen molar-refractivity contribution in [1.29, 1.82) is 0 Å². The number of urea groups is 1. The van der Waals surface area contributed by atoms with Gasteiger partial charge in [0.25, 0.3) is 0 Å². The number of carbonyl (C=O) groups excluding carboxylic acids is 1. The van der Waals surface area contributed by atoms with Gasteiger partial charge in [0.15, 0.2) is 5.69 Å². The van der Waals surface area contributed by atoms with Gasteiger partial charge in [0.1, 0.15) is 0 Å². The average molecular weight is 292 g/mol. The first kappa shape index (κ1) is 13.9. The number of nitrogens with one attached hydrogen (secondary N) is 2. The number of aromatic nitrogens is 2. The minimum atomic E-state index is -1.20. The first-order chi connectivity index (χ1) is 9.56. The first-order valence-electron chi connectivity index (χ1n) is 5.70. The zero-order valence-electron chi connectivity index (χ0n) is 10.6. The fourth-order valence-corrected chi connectivity index (χ4v) is 2.23. The van der Waals surface area contributed by atoms with Gasteiger partial charge in [0.05, 0.1) is 17.2 Å². The molecule has 2 aromatic rings. The molecule has 2 aromatic heterocycles. The van der Waals surface area contributed by atoms with Crippen molar-refractivity contribution in [2.75, 3.05) is 5.32 Å². The second kappa shape index (κ2) is 6.11. The lowest BCUT2D eigenvalue weighted by molar-refractivity contribution is 0.0692. The lowest BCUT2D eigenvalue weighted by Gasteiger charge is -2.08. The van der Waals surface area contributed by atoms with E-state index in [1.807, 2.05) is 6.92 Å². The van der Waals surface area contributed by atoms with Gasteiger partial charge in [0.2, 0.25) is 0 Å². The molecule has 104 valence electrons. The maximum atomic E-state index is 11.7. The number of carboxylic acids is 1. The molecule has 8 heteroatoms. The number of nitrogens with zero attached hydrogens (tertiary/aromatic N) is 2. The van der Waals surface area contributed by atoms with E-state index in [9.17, 15) is 9.59 Å². The number of thiazole rings is 1. The predicted octanol–water partition coefficient (Wildman–Crippen LogP) is 1.87. The highest BCUT2D eigenvalue weighted by Crippen LogP contribution is 2.13. The van der Waals surface area contributed by atoms with E-state index in [0.29, 0.717) is 6.54 Å². The first-order valence-corrected chi connectivity index (χ1v) is 6.52. The number of carbonyl (C=O) groups is 2. The number of anilines is 1. The fourth-order valence-electron chi connectivity index (χ4n) is 1.50. The Hall–Kier alpha value is -2.48. The second-order valence-corrected chi connectivity index (χ2v) is 5.18. The van der Waals surface area contributed by atoms with E-state index >= 15 is 0 Å². The van der Waals surface area contributed by atoms with Crippen LogP contribution in [0.25, 0.3) is 0 Å². The molecule has 0 spiro atoms. The van der Waals surface area contributed by atoms with E-state index in [2.05, 4.69) is 20.6 Å². The Balaban J connectivity index is 1.96. The largest absolute Gasteiger partial charge is 0.476 e. The molecule has 0 aromatic carbocycles. The molecule has 0 saturated carbocycles. The Morgan fingerprint density at radius 3 is 2.85 bits per heavy atom. The highest BCUT2D eigenvalue weighted by molar-refractivity contribution is 7.11. The number of hydrogen-bond acceptors (Lipinski definition) is 5. The Morgan fingerprint density at radius 2 is 2.20 bits per heavy atom. The third-order valence-electron chi connectivity index (χ3n) is 2.35. The van der Waals surface area contributed by atoms with Crippen molar-refractivity contribution in [3.05, 3.63) is 40.1 Å². The van der Waals surface area contributed by atoms with Crippen LogP contribution < -0.4 is 10.6 Å². The zero-order chi connectivity index (χ0) is 14.5. The highest BCUT2D eigenvalue weighted by atomic mass is 32.1. The van der Waals surface area contributed by atoms with Gasteiger partial charge in [0, 0.05) is 17.3 Å². The van der Waals surface area contributed by atoms with Gasteiger partial charge in [-0.25, -0.2) is 19.6 Å². The average Bonchev–Trinajstić information content (AvgIpc) is 2.83. The Labute approximate surface area is 118 Å². The summed E-state index contributed by atoms with van der Waals surface area (Å²) in [5, 5.41) is 15.0. The van der Waals surface area contributed by atoms with Crippen LogP contribution in [0.2, 0.25) is 0 Å². The van der Waals surface area contributed by atoms with Crippen molar-refractivity contribution in [3.8, 4) is 0 Å². The minimum absolute atomic E-state index is 0.151. The maximum Gasteiger partial charge on any atom is 0.356 e. The standard InChI is InChI=1S/C12H12N4O3S/c1-7-14-5-8(20-7)6-15-12(19)16-9-3-2-4-13-10(9)11(17)18/h2-5H,6H2,1H3,(H,17,18)(H2,15,16,19). The van der Waals surface area contributed by atoms with Gasteiger partial charge >= 0.3 is 12.0 Å². The van der Waals surface area contributed by atoms with E-state index < -0.39 is 12.0 Å². The quantitative estimate of drug-likeness (QED) is 0.798. The van der Waals surface area contributed by atoms with Crippen molar-refractivity contribution in [1.82, 2.24) is 15.3 Å². The molecule has 20 heavy (non-hydrogen) atoms. The monoisotopic (exact) mass is 292 g/mol. The summed E-state index contributed by atoms with van der Waals surface area (Å²) in [5.41, 5.74) is -0.0470. The molecule has 0 saturated heterocycles. The zero-order valence-corrected chi connectivity index (χ0v) is 11.4. The van der Waals surface area contributed by atoms with Gasteiger partial charge in [-0.3, -0.25) is 0 Å². The summed E-state index contributed by atoms with van der Waals surface area (Å²) in [6.45, 7) is 2.21. The lowest BCUT2D eigenvalue weighted by atomic mass is 10.3. The van der Waals surface area contributed by atoms with Crippen LogP contribution in [0.15, 0.2) is 24.5 Å². The van der Waals surface area contributed by atoms with Crippen LogP contribution in [0.5, 0.6) is 0 Å². The molecule has 0 aliphatic rings. The molecule has 0 atom stereocenters. The van der Waals surface area contributed by atoms with Gasteiger partial charge < -0.3 is 15.7 Å². The third kappa shape index (κ3) is 3.51. The molecule has 2 rings (SSSR count). The van der Waals surface area contributed by atoms with Crippen LogP contribution >= 0.6 is 11.3 Å². The molecular formula is C12H12N4O3S. The molecule has 0 radical (unpaired) electrons. The van der Waals surface area contributed by atoms with Gasteiger partial charge in [-0.1, -0.05) is 0 Å². The Kier molecular flexibility index (Phi) is 4.26. The minimum Gasteiger partial charge on any atom is -0.476 e. The summed E-state index contributed by atoms with van der Waals surface area (Å²) in [6, 6.07) is 2.54. The van der Waals surface area contributed by atoms with Crippen molar-refractivity contribution >= 4 is 29.0 Å². The Bertz CT molecular complexity index is 641. The van der Waals surface area contributed by atoms with Crippen LogP contribution in [0.1, 0.15) is 20.4 Å². The maximum absolute atomic E-state index is 11.7. The van der Waals surface area contributed by atoms with E-state index in [1.54, 1.807) is 12.3 Å². The molecule has 0 fully saturated rings. The molecule has 0 aliphatic heterocycles. The normalized spacial score (nSPS) is 10.1. The number of aromatic carboxylic acids is 1. The van der Waals surface area contributed by atoms with E-state index in [4.69, 9.17) is 5.11 Å². The van der Waals surface area contributed by atoms with Gasteiger partial charge in [-0.05, 0) is 19.1 Å². The summed E-state index contributed by atoms with van der Waals surface area (Å²) in [4.78, 5) is 31.3. The molecule has 2 heterocycles. The van der Waals surface area contributed by atoms with Gasteiger partial charge in [-0.15, -0.1) is 11.3 Å². The number of carboxylic acid groups (broad SMARTS) is 1. The van der Waals surface area contributed by atoms with Crippen LogP contribution in [0, 0.1) is 6.92 Å². The molecule has 0 bridgehead atoms. The molecule has 3 N–H and O–H groups in total. The fraction of sp³-hybridized carbons (Fsp3) is 0.167. The van der Waals surface area contributed by atoms with Crippen LogP contribution in [-0.4, -0.2) is 27.1 Å². The number of rotatable bonds is 4. The smallest absolute Gasteiger partial charge is 0.356 e. The van der Waals surface area contributed by atoms with E-state index in [0.717, 1.165) is 9.88 Å². The SMILES string of the molecule is Cc1ncc(CNC(=O)Nc2cccnc2C(=O)O)s1. The van der Waals surface area contributed by atoms with Crippen molar-refractivity contribution < 1.29 is 14.7 Å².